The van der Waals surface area contributed by atoms with Crippen molar-refractivity contribution in [3.63, 3.8) is 0 Å². The summed E-state index contributed by atoms with van der Waals surface area (Å²) in [6.45, 7) is 6.98. The number of aromatic nitrogens is 3. The van der Waals surface area contributed by atoms with E-state index < -0.39 is 35.8 Å². The normalized spacial score (nSPS) is 15.6. The third-order valence-electron chi connectivity index (χ3n) is 6.89. The number of amides is 2. The van der Waals surface area contributed by atoms with Crippen molar-refractivity contribution < 1.29 is 18.0 Å². The molecule has 1 aromatic heterocycles. The Labute approximate surface area is 237 Å². The molecule has 1 saturated heterocycles. The molecule has 0 aliphatic carbocycles. The Bertz CT molecular complexity index is 1280. The summed E-state index contributed by atoms with van der Waals surface area (Å²) in [6, 6.07) is 11.2. The number of benzene rings is 2. The van der Waals surface area contributed by atoms with Gasteiger partial charge in [0, 0.05) is 37.2 Å². The van der Waals surface area contributed by atoms with Gasteiger partial charge >= 0.3 is 6.03 Å². The van der Waals surface area contributed by atoms with Gasteiger partial charge in [-0.05, 0) is 35.6 Å². The Morgan fingerprint density at radius 1 is 1.12 bits per heavy atom. The molecule has 7 nitrogen and oxygen atoms in total. The minimum Gasteiger partial charge on any atom is -0.325 e. The third-order valence-corrected chi connectivity index (χ3v) is 7.83. The lowest BCUT2D eigenvalue weighted by atomic mass is 9.84. The molecule has 2 heterocycles. The second kappa shape index (κ2) is 13.1. The SMILES string of the molecule is CC(C)(C)[C@H](c1nc(-c2cc(F)ccc2F)nn1Cc1ccccc1)N(CC[C@@H](N)CF)C(=O)N1CCSCC1. The molecule has 0 saturated carbocycles. The van der Waals surface area contributed by atoms with E-state index >= 15 is 0 Å². The monoisotopic (exact) mass is 574 g/mol. The number of carbonyl (C=O) groups is 1. The van der Waals surface area contributed by atoms with Crippen LogP contribution in [0, 0.1) is 17.0 Å². The minimum absolute atomic E-state index is 0.0272. The van der Waals surface area contributed by atoms with Crippen LogP contribution in [0.4, 0.5) is 18.0 Å². The lowest BCUT2D eigenvalue weighted by molar-refractivity contribution is 0.0823. The molecule has 216 valence electrons. The summed E-state index contributed by atoms with van der Waals surface area (Å²) in [4.78, 5) is 22.3. The van der Waals surface area contributed by atoms with Crippen LogP contribution in [-0.2, 0) is 6.54 Å². The number of nitrogens with two attached hydrogens (primary N) is 1. The van der Waals surface area contributed by atoms with E-state index in [2.05, 4.69) is 5.10 Å². The maximum Gasteiger partial charge on any atom is 0.320 e. The van der Waals surface area contributed by atoms with Gasteiger partial charge in [-0.25, -0.2) is 27.6 Å². The number of hydrogen-bond donors (Lipinski definition) is 1. The number of hydrogen-bond acceptors (Lipinski definition) is 5. The van der Waals surface area contributed by atoms with Gasteiger partial charge in [0.2, 0.25) is 0 Å². The number of halogens is 3. The first-order valence-corrected chi connectivity index (χ1v) is 14.6. The highest BCUT2D eigenvalue weighted by Gasteiger charge is 2.40. The van der Waals surface area contributed by atoms with Gasteiger partial charge in [0.25, 0.3) is 0 Å². The molecule has 2 aromatic carbocycles. The zero-order valence-corrected chi connectivity index (χ0v) is 24.0. The molecule has 40 heavy (non-hydrogen) atoms. The Balaban J connectivity index is 1.85. The topological polar surface area (TPSA) is 80.3 Å². The zero-order valence-electron chi connectivity index (χ0n) is 23.2. The van der Waals surface area contributed by atoms with Gasteiger partial charge in [0.15, 0.2) is 11.6 Å². The largest absolute Gasteiger partial charge is 0.325 e. The minimum atomic E-state index is -0.716. The van der Waals surface area contributed by atoms with E-state index in [1.807, 2.05) is 51.1 Å². The molecule has 0 bridgehead atoms. The molecule has 2 atom stereocenters. The Morgan fingerprint density at radius 2 is 1.82 bits per heavy atom. The smallest absolute Gasteiger partial charge is 0.320 e. The highest BCUT2D eigenvalue weighted by Crippen LogP contribution is 2.39. The van der Waals surface area contributed by atoms with Gasteiger partial charge in [-0.15, -0.1) is 0 Å². The average Bonchev–Trinajstić information content (AvgIpc) is 3.34. The van der Waals surface area contributed by atoms with E-state index in [0.29, 0.717) is 25.5 Å². The summed E-state index contributed by atoms with van der Waals surface area (Å²) in [6.07, 6.45) is 0.260. The third kappa shape index (κ3) is 7.17. The Morgan fingerprint density at radius 3 is 2.48 bits per heavy atom. The number of nitrogens with zero attached hydrogens (tertiary/aromatic N) is 5. The molecule has 1 aliphatic heterocycles. The van der Waals surface area contributed by atoms with Gasteiger partial charge in [-0.1, -0.05) is 51.1 Å². The molecule has 0 spiro atoms. The van der Waals surface area contributed by atoms with Gasteiger partial charge in [0.1, 0.15) is 18.3 Å². The first-order valence-electron chi connectivity index (χ1n) is 13.5. The van der Waals surface area contributed by atoms with E-state index in [-0.39, 0.29) is 30.4 Å². The van der Waals surface area contributed by atoms with Crippen LogP contribution >= 0.6 is 11.8 Å². The number of carbonyl (C=O) groups excluding carboxylic acids is 1. The number of rotatable bonds is 9. The van der Waals surface area contributed by atoms with Crippen molar-refractivity contribution in [1.82, 2.24) is 24.6 Å². The quantitative estimate of drug-likeness (QED) is 0.364. The second-order valence-corrected chi connectivity index (χ2v) is 12.3. The fraction of sp³-hybridized carbons (Fsp3) is 0.483. The zero-order chi connectivity index (χ0) is 28.9. The first-order chi connectivity index (χ1) is 19.1. The maximum atomic E-state index is 14.9. The molecule has 3 aromatic rings. The van der Waals surface area contributed by atoms with Crippen LogP contribution < -0.4 is 5.73 Å². The predicted octanol–water partition coefficient (Wildman–Crippen LogP) is 5.52. The number of thioether (sulfide) groups is 1. The first kappa shape index (κ1) is 29.9. The highest BCUT2D eigenvalue weighted by atomic mass is 32.2. The van der Waals surface area contributed by atoms with Crippen LogP contribution in [0.2, 0.25) is 0 Å². The summed E-state index contributed by atoms with van der Waals surface area (Å²) in [5.41, 5.74) is 6.26. The number of urea groups is 1. The van der Waals surface area contributed by atoms with Crippen LogP contribution in [0.15, 0.2) is 48.5 Å². The van der Waals surface area contributed by atoms with Crippen molar-refractivity contribution in [2.45, 2.75) is 45.8 Å². The van der Waals surface area contributed by atoms with E-state index in [4.69, 9.17) is 10.7 Å². The van der Waals surface area contributed by atoms with E-state index in [9.17, 15) is 18.0 Å². The molecule has 4 rings (SSSR count). The Kier molecular flexibility index (Phi) is 9.78. The van der Waals surface area contributed by atoms with Crippen LogP contribution in [0.1, 0.15) is 44.6 Å². The highest BCUT2D eigenvalue weighted by molar-refractivity contribution is 7.99. The summed E-state index contributed by atoms with van der Waals surface area (Å²) >= 11 is 1.79. The summed E-state index contributed by atoms with van der Waals surface area (Å²) < 4.78 is 44.1. The van der Waals surface area contributed by atoms with Crippen LogP contribution in [-0.4, -0.2) is 74.5 Å². The van der Waals surface area contributed by atoms with Crippen LogP contribution in [0.3, 0.4) is 0 Å². The standard InChI is InChI=1S/C29H37F3N6OS/c1-29(2,3)25(37(12-11-22(33)18-30)28(39)36-13-15-40-16-14-36)27-34-26(23-17-21(31)9-10-24(23)32)35-38(27)19-20-7-5-4-6-8-20/h4-10,17,22,25H,11-16,18-19,33H2,1-3H3/t22-,25+/m1/s1. The summed E-state index contributed by atoms with van der Waals surface area (Å²) in [7, 11) is 0. The number of alkyl halides is 1. The predicted molar refractivity (Wildman–Crippen MR) is 153 cm³/mol. The molecule has 0 radical (unpaired) electrons. The van der Waals surface area contributed by atoms with Crippen LogP contribution in [0.5, 0.6) is 0 Å². The summed E-state index contributed by atoms with van der Waals surface area (Å²) in [5.74, 6) is 0.867. The lowest BCUT2D eigenvalue weighted by Gasteiger charge is -2.42. The maximum absolute atomic E-state index is 14.9. The average molecular weight is 575 g/mol. The summed E-state index contributed by atoms with van der Waals surface area (Å²) in [5, 5.41) is 4.64. The molecule has 1 fully saturated rings. The van der Waals surface area contributed by atoms with Gasteiger partial charge in [-0.2, -0.15) is 16.9 Å². The Hall–Kier alpha value is -3.05. The fourth-order valence-corrected chi connectivity index (χ4v) is 5.76. The molecule has 2 N–H and O–H groups in total. The van der Waals surface area contributed by atoms with E-state index in [0.717, 1.165) is 35.3 Å². The van der Waals surface area contributed by atoms with Crippen molar-refractivity contribution >= 4 is 17.8 Å². The molecular weight excluding hydrogens is 537 g/mol. The van der Waals surface area contributed by atoms with E-state index in [1.54, 1.807) is 26.2 Å². The van der Waals surface area contributed by atoms with Crippen LogP contribution in [0.25, 0.3) is 11.4 Å². The van der Waals surface area contributed by atoms with E-state index in [1.165, 1.54) is 0 Å². The van der Waals surface area contributed by atoms with Gasteiger partial charge in [0.05, 0.1) is 18.2 Å². The lowest BCUT2D eigenvalue weighted by Crippen LogP contribution is -2.52. The van der Waals surface area contributed by atoms with Crippen molar-refractivity contribution in [2.24, 2.45) is 11.1 Å². The van der Waals surface area contributed by atoms with Crippen molar-refractivity contribution in [3.05, 3.63) is 71.6 Å². The molecule has 1 aliphatic rings. The fourth-order valence-electron chi connectivity index (χ4n) is 4.86. The molecular formula is C29H37F3N6OS. The molecule has 0 unspecified atom stereocenters. The molecule has 2 amide bonds. The van der Waals surface area contributed by atoms with Crippen molar-refractivity contribution in [1.29, 1.82) is 0 Å². The van der Waals surface area contributed by atoms with Gasteiger partial charge < -0.3 is 15.5 Å². The molecule has 11 heteroatoms. The van der Waals surface area contributed by atoms with Crippen molar-refractivity contribution in [2.75, 3.05) is 37.8 Å². The van der Waals surface area contributed by atoms with Crippen molar-refractivity contribution in [3.8, 4) is 11.4 Å². The van der Waals surface area contributed by atoms with Gasteiger partial charge in [-0.3, -0.25) is 0 Å². The second-order valence-electron chi connectivity index (χ2n) is 11.1.